The molecule has 0 aromatic heterocycles. The Kier molecular flexibility index (Phi) is 7.77. The maximum absolute atomic E-state index is 10.4. The third-order valence-corrected chi connectivity index (χ3v) is 10.2. The number of hydrogen-bond acceptors (Lipinski definition) is 1. The Hall–Kier alpha value is -7.01. The van der Waals surface area contributed by atoms with Crippen LogP contribution in [0.3, 0.4) is 0 Å². The standard InChI is InChI=1S/C51H33N/c1-34(33-52)42-31-32-45(50(38-21-12-5-13-22-38)46(35-15-6-2-7-16-35)36-17-8-3-9-18-36)51(48(42)37-19-10-4-11-20-37)44-30-28-41-26-25-39-23-14-24-40-27-29-43(44)49(41)47(39)40/h2-32H,1H2. The Bertz CT molecular complexity index is 2770. The summed E-state index contributed by atoms with van der Waals surface area (Å²) in [5.41, 5.74) is 12.2. The maximum Gasteiger partial charge on any atom is 0.0991 e. The van der Waals surface area contributed by atoms with E-state index in [0.717, 1.165) is 61.2 Å². The molecule has 9 aromatic carbocycles. The van der Waals surface area contributed by atoms with Gasteiger partial charge in [-0.15, -0.1) is 0 Å². The van der Waals surface area contributed by atoms with Crippen LogP contribution in [0.2, 0.25) is 0 Å². The number of benzene rings is 9. The Balaban J connectivity index is 1.53. The molecule has 0 saturated carbocycles. The zero-order valence-electron chi connectivity index (χ0n) is 28.6. The molecule has 0 aliphatic rings. The largest absolute Gasteiger partial charge is 0.192 e. The van der Waals surface area contributed by atoms with Crippen molar-refractivity contribution >= 4 is 49.0 Å². The van der Waals surface area contributed by atoms with Crippen LogP contribution in [0, 0.1) is 11.3 Å². The van der Waals surface area contributed by atoms with Crippen molar-refractivity contribution in [2.75, 3.05) is 0 Å². The highest BCUT2D eigenvalue weighted by molar-refractivity contribution is 6.26. The fourth-order valence-corrected chi connectivity index (χ4v) is 7.96. The molecule has 0 radical (unpaired) electrons. The summed E-state index contributed by atoms with van der Waals surface area (Å²) < 4.78 is 0. The lowest BCUT2D eigenvalue weighted by Gasteiger charge is -2.25. The van der Waals surface area contributed by atoms with Crippen LogP contribution in [0.15, 0.2) is 195 Å². The molecule has 52 heavy (non-hydrogen) atoms. The van der Waals surface area contributed by atoms with Gasteiger partial charge in [-0.2, -0.15) is 5.26 Å². The third-order valence-electron chi connectivity index (χ3n) is 10.2. The van der Waals surface area contributed by atoms with Gasteiger partial charge in [0.1, 0.15) is 0 Å². The molecule has 242 valence electrons. The van der Waals surface area contributed by atoms with E-state index in [1.807, 2.05) is 6.07 Å². The van der Waals surface area contributed by atoms with Gasteiger partial charge in [0.05, 0.1) is 11.6 Å². The average molecular weight is 660 g/mol. The summed E-state index contributed by atoms with van der Waals surface area (Å²) in [7, 11) is 0. The van der Waals surface area contributed by atoms with E-state index in [-0.39, 0.29) is 0 Å². The van der Waals surface area contributed by atoms with E-state index in [2.05, 4.69) is 195 Å². The van der Waals surface area contributed by atoms with Crippen molar-refractivity contribution in [3.63, 3.8) is 0 Å². The molecule has 0 aliphatic heterocycles. The van der Waals surface area contributed by atoms with Gasteiger partial charge in [-0.25, -0.2) is 0 Å². The summed E-state index contributed by atoms with van der Waals surface area (Å²) in [6.45, 7) is 4.28. The second-order valence-electron chi connectivity index (χ2n) is 13.2. The summed E-state index contributed by atoms with van der Waals surface area (Å²) in [6, 6.07) is 69.3. The molecule has 0 aliphatic carbocycles. The van der Waals surface area contributed by atoms with E-state index < -0.39 is 0 Å². The molecule has 0 saturated heterocycles. The van der Waals surface area contributed by atoms with E-state index in [1.165, 1.54) is 32.3 Å². The highest BCUT2D eigenvalue weighted by Crippen LogP contribution is 2.49. The van der Waals surface area contributed by atoms with Crippen molar-refractivity contribution < 1.29 is 0 Å². The van der Waals surface area contributed by atoms with Crippen LogP contribution >= 0.6 is 0 Å². The van der Waals surface area contributed by atoms with Gasteiger partial charge in [-0.1, -0.05) is 195 Å². The molecule has 1 heteroatoms. The second-order valence-corrected chi connectivity index (χ2v) is 13.2. The number of hydrogen-bond donors (Lipinski definition) is 0. The van der Waals surface area contributed by atoms with E-state index in [1.54, 1.807) is 0 Å². The zero-order valence-corrected chi connectivity index (χ0v) is 28.6. The van der Waals surface area contributed by atoms with Crippen LogP contribution in [0.1, 0.15) is 27.8 Å². The molecule has 0 amide bonds. The predicted octanol–water partition coefficient (Wildman–Crippen LogP) is 13.5. The molecule has 0 heterocycles. The lowest BCUT2D eigenvalue weighted by atomic mass is 9.77. The Morgan fingerprint density at radius 2 is 0.885 bits per heavy atom. The molecule has 0 unspecified atom stereocenters. The summed E-state index contributed by atoms with van der Waals surface area (Å²) in [6.07, 6.45) is 0. The minimum atomic E-state index is 0.431. The monoisotopic (exact) mass is 659 g/mol. The molecule has 9 aromatic rings. The van der Waals surface area contributed by atoms with Crippen molar-refractivity contribution in [2.24, 2.45) is 0 Å². The van der Waals surface area contributed by atoms with Crippen LogP contribution in [-0.2, 0) is 0 Å². The molecular weight excluding hydrogens is 627 g/mol. The third kappa shape index (κ3) is 5.18. The van der Waals surface area contributed by atoms with E-state index in [0.29, 0.717) is 5.57 Å². The number of allylic oxidation sites excluding steroid dienone is 1. The molecule has 1 nitrogen and oxygen atoms in total. The second kappa shape index (κ2) is 13.0. The molecule has 0 bridgehead atoms. The molecule has 9 rings (SSSR count). The fourth-order valence-electron chi connectivity index (χ4n) is 7.96. The highest BCUT2D eigenvalue weighted by atomic mass is 14.3. The van der Waals surface area contributed by atoms with Gasteiger partial charge in [-0.3, -0.25) is 0 Å². The normalized spacial score (nSPS) is 11.1. The molecule has 0 N–H and O–H groups in total. The summed E-state index contributed by atoms with van der Waals surface area (Å²) in [4.78, 5) is 0. The van der Waals surface area contributed by atoms with Gasteiger partial charge in [-0.05, 0) is 88.0 Å². The SMILES string of the molecule is C=C(C#N)c1ccc(C(=C(c2ccccc2)c2ccccc2)c2ccccc2)c(-c2ccc3ccc4cccc5ccc2c3c45)c1-c1ccccc1. The zero-order chi connectivity index (χ0) is 35.0. The lowest BCUT2D eigenvalue weighted by Crippen LogP contribution is -2.03. The summed E-state index contributed by atoms with van der Waals surface area (Å²) in [5, 5.41) is 17.7. The Morgan fingerprint density at radius 1 is 0.404 bits per heavy atom. The average Bonchev–Trinajstić information content (AvgIpc) is 3.22. The van der Waals surface area contributed by atoms with Gasteiger partial charge in [0.2, 0.25) is 0 Å². The van der Waals surface area contributed by atoms with Crippen molar-refractivity contribution in [1.29, 1.82) is 5.26 Å². The molecule has 0 spiro atoms. The molecular formula is C51H33N. The number of rotatable bonds is 7. The van der Waals surface area contributed by atoms with E-state index in [4.69, 9.17) is 0 Å². The van der Waals surface area contributed by atoms with Gasteiger partial charge in [0, 0.05) is 5.56 Å². The maximum atomic E-state index is 10.4. The molecule has 0 atom stereocenters. The van der Waals surface area contributed by atoms with Gasteiger partial charge >= 0.3 is 0 Å². The minimum Gasteiger partial charge on any atom is -0.192 e. The first-order valence-electron chi connectivity index (χ1n) is 17.6. The van der Waals surface area contributed by atoms with E-state index >= 15 is 0 Å². The number of nitrogens with zero attached hydrogens (tertiary/aromatic N) is 1. The lowest BCUT2D eigenvalue weighted by molar-refractivity contribution is 1.48. The first-order chi connectivity index (χ1) is 25.7. The Morgan fingerprint density at radius 3 is 1.46 bits per heavy atom. The van der Waals surface area contributed by atoms with Crippen LogP contribution in [-0.4, -0.2) is 0 Å². The van der Waals surface area contributed by atoms with Crippen LogP contribution < -0.4 is 0 Å². The van der Waals surface area contributed by atoms with Crippen molar-refractivity contribution in [2.45, 2.75) is 0 Å². The van der Waals surface area contributed by atoms with Crippen molar-refractivity contribution in [3.8, 4) is 28.3 Å². The molecule has 0 fully saturated rings. The van der Waals surface area contributed by atoms with Gasteiger partial charge in [0.25, 0.3) is 0 Å². The fraction of sp³-hybridized carbons (Fsp3) is 0. The first-order valence-corrected chi connectivity index (χ1v) is 17.6. The van der Waals surface area contributed by atoms with Gasteiger partial charge < -0.3 is 0 Å². The Labute approximate surface area is 304 Å². The van der Waals surface area contributed by atoms with Crippen LogP contribution in [0.4, 0.5) is 0 Å². The minimum absolute atomic E-state index is 0.431. The van der Waals surface area contributed by atoms with E-state index in [9.17, 15) is 5.26 Å². The summed E-state index contributed by atoms with van der Waals surface area (Å²) >= 11 is 0. The quantitative estimate of drug-likeness (QED) is 0.0949. The van der Waals surface area contributed by atoms with Crippen LogP contribution in [0.5, 0.6) is 0 Å². The smallest absolute Gasteiger partial charge is 0.0991 e. The highest BCUT2D eigenvalue weighted by Gasteiger charge is 2.26. The predicted molar refractivity (Wildman–Crippen MR) is 220 cm³/mol. The first kappa shape index (κ1) is 31.0. The van der Waals surface area contributed by atoms with Crippen molar-refractivity contribution in [1.82, 2.24) is 0 Å². The topological polar surface area (TPSA) is 23.8 Å². The van der Waals surface area contributed by atoms with Gasteiger partial charge in [0.15, 0.2) is 0 Å². The number of nitriles is 1. The summed E-state index contributed by atoms with van der Waals surface area (Å²) in [5.74, 6) is 0. The van der Waals surface area contributed by atoms with Crippen LogP contribution in [0.25, 0.3) is 71.3 Å². The van der Waals surface area contributed by atoms with Crippen molar-refractivity contribution in [3.05, 3.63) is 222 Å².